The maximum Gasteiger partial charge on any atom is 0.226 e. The lowest BCUT2D eigenvalue weighted by Crippen LogP contribution is -2.33. The van der Waals surface area contributed by atoms with Crippen LogP contribution in [0.15, 0.2) is 83.5 Å². The van der Waals surface area contributed by atoms with Crippen LogP contribution in [0.25, 0.3) is 5.69 Å². The Balaban J connectivity index is 1.47. The molecule has 1 amide bonds. The molecule has 1 fully saturated rings. The van der Waals surface area contributed by atoms with Gasteiger partial charge in [-0.05, 0) is 86.1 Å². The molecule has 6 nitrogen and oxygen atoms in total. The van der Waals surface area contributed by atoms with Crippen molar-refractivity contribution in [3.8, 4) is 5.69 Å². The number of rotatable bonds is 8. The quantitative estimate of drug-likeness (QED) is 0.217. The third-order valence-corrected chi connectivity index (χ3v) is 8.15. The molecule has 2 atom stereocenters. The lowest BCUT2D eigenvalue weighted by Gasteiger charge is -2.28. The number of benzene rings is 2. The number of aryl methyl sites for hydroxylation is 2. The van der Waals surface area contributed by atoms with Crippen LogP contribution in [0, 0.1) is 13.8 Å². The smallest absolute Gasteiger partial charge is 0.226 e. The van der Waals surface area contributed by atoms with E-state index < -0.39 is 0 Å². The van der Waals surface area contributed by atoms with Gasteiger partial charge in [-0.2, -0.15) is 0 Å². The summed E-state index contributed by atoms with van der Waals surface area (Å²) in [6.07, 6.45) is 2.98. The molecule has 0 saturated carbocycles. The first-order valence-electron chi connectivity index (χ1n) is 13.2. The van der Waals surface area contributed by atoms with Gasteiger partial charge >= 0.3 is 0 Å². The van der Waals surface area contributed by atoms with Crippen molar-refractivity contribution in [1.29, 1.82) is 0 Å². The van der Waals surface area contributed by atoms with Crippen molar-refractivity contribution in [3.63, 3.8) is 0 Å². The first kappa shape index (κ1) is 27.1. The number of para-hydroxylation sites is 1. The number of amides is 1. The highest BCUT2D eigenvalue weighted by Crippen LogP contribution is 2.41. The molecule has 1 aliphatic rings. The summed E-state index contributed by atoms with van der Waals surface area (Å²) in [5.74, 6) is -0.0293. The molecule has 0 unspecified atom stereocenters. The molecule has 0 spiro atoms. The maximum absolute atomic E-state index is 13.1. The summed E-state index contributed by atoms with van der Waals surface area (Å²) in [5, 5.41) is 7.24. The molecule has 2 N–H and O–H groups in total. The maximum atomic E-state index is 13.1. The highest BCUT2D eigenvalue weighted by Gasteiger charge is 2.41. The van der Waals surface area contributed by atoms with Gasteiger partial charge in [-0.25, -0.2) is 0 Å². The van der Waals surface area contributed by atoms with Gasteiger partial charge in [0, 0.05) is 46.4 Å². The predicted molar refractivity (Wildman–Crippen MR) is 164 cm³/mol. The van der Waals surface area contributed by atoms with Gasteiger partial charge in [0.25, 0.3) is 0 Å². The lowest BCUT2D eigenvalue weighted by atomic mass is 9.96. The van der Waals surface area contributed by atoms with E-state index in [1.165, 1.54) is 0 Å². The van der Waals surface area contributed by atoms with E-state index in [1.54, 1.807) is 0 Å². The van der Waals surface area contributed by atoms with Gasteiger partial charge in [0.2, 0.25) is 5.91 Å². The minimum atomic E-state index is -0.140. The summed E-state index contributed by atoms with van der Waals surface area (Å²) in [6.45, 7) is 6.84. The number of hydrogen-bond donors (Lipinski definition) is 2. The molecular formula is C31H32BrN5OS. The van der Waals surface area contributed by atoms with Crippen LogP contribution in [0.1, 0.15) is 53.6 Å². The Labute approximate surface area is 243 Å². The van der Waals surface area contributed by atoms with Gasteiger partial charge in [-0.1, -0.05) is 53.2 Å². The number of carbonyl (C=O) groups excluding carboxylic acids is 1. The van der Waals surface area contributed by atoms with Crippen molar-refractivity contribution in [2.75, 3.05) is 11.9 Å². The van der Waals surface area contributed by atoms with Gasteiger partial charge < -0.3 is 20.1 Å². The largest absolute Gasteiger partial charge is 0.352 e. The van der Waals surface area contributed by atoms with Crippen molar-refractivity contribution in [2.24, 2.45) is 0 Å². The second kappa shape index (κ2) is 11.7. The van der Waals surface area contributed by atoms with Crippen molar-refractivity contribution < 1.29 is 4.79 Å². The molecule has 5 rings (SSSR count). The Bertz CT molecular complexity index is 1500. The number of nitrogens with zero attached hydrogens (tertiary/aromatic N) is 3. The summed E-state index contributed by atoms with van der Waals surface area (Å²) in [4.78, 5) is 19.9. The summed E-state index contributed by atoms with van der Waals surface area (Å²) < 4.78 is 3.30. The first-order valence-corrected chi connectivity index (χ1v) is 14.4. The van der Waals surface area contributed by atoms with E-state index in [-0.39, 0.29) is 18.0 Å². The van der Waals surface area contributed by atoms with E-state index in [0.29, 0.717) is 18.1 Å². The van der Waals surface area contributed by atoms with Gasteiger partial charge in [0.05, 0.1) is 17.8 Å². The normalized spacial score (nSPS) is 16.8. The topological polar surface area (TPSA) is 62.2 Å². The predicted octanol–water partition coefficient (Wildman–Crippen LogP) is 6.82. The van der Waals surface area contributed by atoms with Crippen LogP contribution in [0.5, 0.6) is 0 Å². The Hall–Kier alpha value is -3.49. The highest BCUT2D eigenvalue weighted by atomic mass is 79.9. The number of thiocarbonyl (C=S) groups is 1. The standard InChI is InChI=1S/C31H32BrN5OS/c1-4-22-10-5-6-13-26(22)34-28(38)15-17-36-30(29(35-31(36)39)27-14-7-8-16-33-27)25-18-20(2)37(21(25)3)24-12-9-11-23(32)19-24/h5-14,16,18-19,29-30H,4,15,17H2,1-3H3,(H,34,38)(H,35,39)/t29-,30+/m1/s1. The monoisotopic (exact) mass is 601 g/mol. The van der Waals surface area contributed by atoms with E-state index in [4.69, 9.17) is 12.2 Å². The fourth-order valence-corrected chi connectivity index (χ4v) is 6.19. The Morgan fingerprint density at radius 1 is 1.08 bits per heavy atom. The number of hydrogen-bond acceptors (Lipinski definition) is 3. The zero-order valence-electron chi connectivity index (χ0n) is 22.3. The molecule has 0 aliphatic carbocycles. The van der Waals surface area contributed by atoms with Gasteiger partial charge in [0.15, 0.2) is 5.11 Å². The van der Waals surface area contributed by atoms with Crippen LogP contribution < -0.4 is 10.6 Å². The number of aromatic nitrogens is 2. The number of pyridine rings is 1. The zero-order chi connectivity index (χ0) is 27.5. The average molecular weight is 603 g/mol. The SMILES string of the molecule is CCc1ccccc1NC(=O)CCN1C(=S)N[C@H](c2ccccn2)[C@@H]1c1cc(C)n(-c2cccc(Br)c2)c1C. The average Bonchev–Trinajstić information content (AvgIpc) is 3.42. The van der Waals surface area contributed by atoms with Crippen molar-refractivity contribution >= 4 is 44.9 Å². The molecule has 1 aliphatic heterocycles. The summed E-state index contributed by atoms with van der Waals surface area (Å²) in [7, 11) is 0. The van der Waals surface area contributed by atoms with Crippen LogP contribution in [-0.4, -0.2) is 32.0 Å². The first-order chi connectivity index (χ1) is 18.9. The van der Waals surface area contributed by atoms with E-state index in [1.807, 2.05) is 60.8 Å². The fourth-order valence-electron chi connectivity index (χ4n) is 5.47. The van der Waals surface area contributed by atoms with E-state index >= 15 is 0 Å². The van der Waals surface area contributed by atoms with E-state index in [0.717, 1.165) is 50.5 Å². The number of carbonyl (C=O) groups is 1. The van der Waals surface area contributed by atoms with Crippen molar-refractivity contribution in [1.82, 2.24) is 19.8 Å². The molecular weight excluding hydrogens is 570 g/mol. The van der Waals surface area contributed by atoms with E-state index in [2.05, 4.69) is 80.0 Å². The van der Waals surface area contributed by atoms with Crippen molar-refractivity contribution in [3.05, 3.63) is 112 Å². The molecule has 39 heavy (non-hydrogen) atoms. The molecule has 8 heteroatoms. The molecule has 0 radical (unpaired) electrons. The van der Waals surface area contributed by atoms with Crippen LogP contribution >= 0.6 is 28.1 Å². The third kappa shape index (κ3) is 5.63. The highest BCUT2D eigenvalue weighted by molar-refractivity contribution is 9.10. The molecule has 3 heterocycles. The summed E-state index contributed by atoms with van der Waals surface area (Å²) in [6, 6.07) is 24.2. The number of anilines is 1. The second-order valence-corrected chi connectivity index (χ2v) is 11.1. The molecule has 200 valence electrons. The zero-order valence-corrected chi connectivity index (χ0v) is 24.7. The molecule has 0 bridgehead atoms. The van der Waals surface area contributed by atoms with Gasteiger partial charge in [-0.15, -0.1) is 0 Å². The van der Waals surface area contributed by atoms with Crippen LogP contribution in [0.2, 0.25) is 0 Å². The molecule has 2 aromatic heterocycles. The van der Waals surface area contributed by atoms with Gasteiger partial charge in [-0.3, -0.25) is 9.78 Å². The summed E-state index contributed by atoms with van der Waals surface area (Å²) >= 11 is 9.46. The Morgan fingerprint density at radius 3 is 2.62 bits per heavy atom. The van der Waals surface area contributed by atoms with Crippen LogP contribution in [0.3, 0.4) is 0 Å². The Morgan fingerprint density at radius 2 is 1.87 bits per heavy atom. The molecule has 2 aromatic carbocycles. The van der Waals surface area contributed by atoms with E-state index in [9.17, 15) is 4.79 Å². The molecule has 4 aromatic rings. The van der Waals surface area contributed by atoms with Crippen LogP contribution in [0.4, 0.5) is 5.69 Å². The van der Waals surface area contributed by atoms with Crippen LogP contribution in [-0.2, 0) is 11.2 Å². The van der Waals surface area contributed by atoms with Crippen molar-refractivity contribution in [2.45, 2.75) is 45.7 Å². The third-order valence-electron chi connectivity index (χ3n) is 7.31. The second-order valence-electron chi connectivity index (χ2n) is 9.77. The minimum Gasteiger partial charge on any atom is -0.352 e. The lowest BCUT2D eigenvalue weighted by molar-refractivity contribution is -0.116. The minimum absolute atomic E-state index is 0.0293. The molecule has 1 saturated heterocycles. The summed E-state index contributed by atoms with van der Waals surface area (Å²) in [5.41, 5.74) is 7.42. The number of halogens is 1. The fraction of sp³-hybridized carbons (Fsp3) is 0.258. The number of nitrogens with one attached hydrogen (secondary N) is 2. The Kier molecular flexibility index (Phi) is 8.14. The van der Waals surface area contributed by atoms with Gasteiger partial charge in [0.1, 0.15) is 0 Å².